The molecule has 1 aromatic carbocycles. The fourth-order valence-electron chi connectivity index (χ4n) is 1.11. The quantitative estimate of drug-likeness (QED) is 0.670. The van der Waals surface area contributed by atoms with Crippen LogP contribution >= 0.6 is 15.9 Å². The summed E-state index contributed by atoms with van der Waals surface area (Å²) in [5.74, 6) is -0.0459. The van der Waals surface area contributed by atoms with Crippen molar-refractivity contribution in [3.8, 4) is 6.07 Å². The van der Waals surface area contributed by atoms with E-state index in [2.05, 4.69) is 15.9 Å². The summed E-state index contributed by atoms with van der Waals surface area (Å²) in [5, 5.41) is 17.3. The summed E-state index contributed by atoms with van der Waals surface area (Å²) in [7, 11) is 0. The second-order valence-corrected chi connectivity index (χ2v) is 4.39. The molecular weight excluding hydrogens is 258 g/mol. The van der Waals surface area contributed by atoms with E-state index in [-0.39, 0.29) is 23.6 Å². The molecule has 4 heteroatoms. The number of aliphatic hydroxyl groups is 1. The van der Waals surface area contributed by atoms with Crippen molar-refractivity contribution in [1.29, 1.82) is 5.26 Å². The lowest BCUT2D eigenvalue weighted by Crippen LogP contribution is -2.11. The molecule has 0 radical (unpaired) electrons. The van der Waals surface area contributed by atoms with Crippen LogP contribution in [-0.4, -0.2) is 22.3 Å². The predicted molar refractivity (Wildman–Crippen MR) is 59.9 cm³/mol. The van der Waals surface area contributed by atoms with Gasteiger partial charge in [-0.1, -0.05) is 28.1 Å². The minimum Gasteiger partial charge on any atom is -0.395 e. The Morgan fingerprint density at radius 1 is 1.47 bits per heavy atom. The molecule has 0 amide bonds. The summed E-state index contributed by atoms with van der Waals surface area (Å²) < 4.78 is 0. The lowest BCUT2D eigenvalue weighted by Gasteiger charge is -2.04. The third kappa shape index (κ3) is 3.46. The fourth-order valence-corrected chi connectivity index (χ4v) is 1.41. The second kappa shape index (κ2) is 5.64. The van der Waals surface area contributed by atoms with Gasteiger partial charge < -0.3 is 5.11 Å². The zero-order valence-corrected chi connectivity index (χ0v) is 9.57. The van der Waals surface area contributed by atoms with Gasteiger partial charge in [0.25, 0.3) is 0 Å². The van der Waals surface area contributed by atoms with E-state index in [1.54, 1.807) is 24.3 Å². The minimum absolute atomic E-state index is 0.0459. The molecule has 0 spiro atoms. The highest BCUT2D eigenvalue weighted by Crippen LogP contribution is 2.11. The van der Waals surface area contributed by atoms with Crippen molar-refractivity contribution in [1.82, 2.24) is 0 Å². The van der Waals surface area contributed by atoms with Gasteiger partial charge in [-0.05, 0) is 12.1 Å². The molecule has 1 unspecified atom stereocenters. The third-order valence-electron chi connectivity index (χ3n) is 1.94. The molecule has 0 aliphatic rings. The molecule has 0 fully saturated rings. The summed E-state index contributed by atoms with van der Waals surface area (Å²) in [5.41, 5.74) is 1.09. The zero-order valence-electron chi connectivity index (χ0n) is 7.98. The zero-order chi connectivity index (χ0) is 11.3. The van der Waals surface area contributed by atoms with Crippen LogP contribution in [0.1, 0.15) is 22.3 Å². The lowest BCUT2D eigenvalue weighted by molar-refractivity contribution is 0.0975. The number of hydrogen-bond donors (Lipinski definition) is 1. The van der Waals surface area contributed by atoms with Crippen molar-refractivity contribution in [2.75, 3.05) is 6.61 Å². The number of nitriles is 1. The molecular formula is C11H10BrNO2. The number of aliphatic hydroxyl groups excluding tert-OH is 1. The van der Waals surface area contributed by atoms with Gasteiger partial charge in [-0.2, -0.15) is 5.26 Å². The predicted octanol–water partition coefficient (Wildman–Crippen LogP) is 1.89. The van der Waals surface area contributed by atoms with Crippen LogP contribution < -0.4 is 0 Å². The summed E-state index contributed by atoms with van der Waals surface area (Å²) in [4.78, 5) is 11.4. The van der Waals surface area contributed by atoms with Crippen LogP contribution in [0, 0.1) is 11.3 Å². The van der Waals surface area contributed by atoms with Crippen molar-refractivity contribution in [3.05, 3.63) is 35.4 Å². The molecule has 1 aromatic rings. The van der Waals surface area contributed by atoms with Crippen LogP contribution in [0.2, 0.25) is 0 Å². The number of hydrogen-bond acceptors (Lipinski definition) is 3. The van der Waals surface area contributed by atoms with E-state index in [9.17, 15) is 4.79 Å². The average Bonchev–Trinajstić information content (AvgIpc) is 2.29. The molecule has 0 aliphatic heterocycles. The van der Waals surface area contributed by atoms with Crippen molar-refractivity contribution in [2.45, 2.75) is 11.2 Å². The first-order chi connectivity index (χ1) is 7.17. The molecule has 0 aromatic heterocycles. The topological polar surface area (TPSA) is 61.1 Å². The third-order valence-corrected chi connectivity index (χ3v) is 2.55. The van der Waals surface area contributed by atoms with Gasteiger partial charge in [0, 0.05) is 16.8 Å². The number of Topliss-reactive ketones (excluding diaryl/α,β-unsaturated/α-hetero) is 1. The fraction of sp³-hybridized carbons (Fsp3) is 0.273. The van der Waals surface area contributed by atoms with E-state index >= 15 is 0 Å². The second-order valence-electron chi connectivity index (χ2n) is 3.10. The van der Waals surface area contributed by atoms with Crippen molar-refractivity contribution >= 4 is 21.7 Å². The molecule has 1 atom stereocenters. The summed E-state index contributed by atoms with van der Waals surface area (Å²) in [6.07, 6.45) is 0.252. The van der Waals surface area contributed by atoms with Gasteiger partial charge in [0.15, 0.2) is 5.78 Å². The number of nitrogens with zero attached hydrogens (tertiary/aromatic N) is 1. The molecule has 0 saturated heterocycles. The van der Waals surface area contributed by atoms with Gasteiger partial charge >= 0.3 is 0 Å². The number of ketones is 1. The van der Waals surface area contributed by atoms with Crippen LogP contribution in [0.25, 0.3) is 0 Å². The smallest absolute Gasteiger partial charge is 0.164 e. The summed E-state index contributed by atoms with van der Waals surface area (Å²) in [6, 6.07) is 8.44. The van der Waals surface area contributed by atoms with Crippen LogP contribution in [0.4, 0.5) is 0 Å². The van der Waals surface area contributed by atoms with Crippen LogP contribution in [0.5, 0.6) is 0 Å². The Morgan fingerprint density at radius 3 is 2.53 bits per heavy atom. The molecule has 1 rings (SSSR count). The van der Waals surface area contributed by atoms with Gasteiger partial charge in [0.1, 0.15) is 0 Å². The molecule has 0 aliphatic carbocycles. The van der Waals surface area contributed by atoms with Gasteiger partial charge in [-0.3, -0.25) is 4.79 Å². The summed E-state index contributed by atoms with van der Waals surface area (Å²) in [6.45, 7) is -0.0674. The van der Waals surface area contributed by atoms with E-state index < -0.39 is 0 Å². The largest absolute Gasteiger partial charge is 0.395 e. The summed E-state index contributed by atoms with van der Waals surface area (Å²) >= 11 is 3.18. The Kier molecular flexibility index (Phi) is 4.47. The molecule has 0 heterocycles. The molecule has 78 valence electrons. The van der Waals surface area contributed by atoms with Gasteiger partial charge in [-0.15, -0.1) is 0 Å². The highest BCUT2D eigenvalue weighted by atomic mass is 79.9. The average molecular weight is 268 g/mol. The first-order valence-corrected chi connectivity index (χ1v) is 5.37. The Labute approximate surface area is 96.5 Å². The Bertz CT molecular complexity index is 381. The Balaban J connectivity index is 2.71. The maximum Gasteiger partial charge on any atom is 0.164 e. The van der Waals surface area contributed by atoms with Crippen molar-refractivity contribution < 1.29 is 9.90 Å². The van der Waals surface area contributed by atoms with Gasteiger partial charge in [0.2, 0.25) is 0 Å². The molecule has 0 saturated carbocycles. The van der Waals surface area contributed by atoms with Gasteiger partial charge in [0.05, 0.1) is 18.2 Å². The van der Waals surface area contributed by atoms with Crippen LogP contribution in [0.3, 0.4) is 0 Å². The maximum atomic E-state index is 11.6. The normalized spacial score (nSPS) is 11.8. The molecule has 15 heavy (non-hydrogen) atoms. The molecule has 1 N–H and O–H groups in total. The number of carbonyl (C=O) groups excluding carboxylic acids is 1. The number of halogens is 1. The standard InChI is InChI=1S/C11H10BrNO2/c12-10(7-14)5-11(15)9-3-1-8(6-13)2-4-9/h1-4,10,14H,5,7H2. The highest BCUT2D eigenvalue weighted by Gasteiger charge is 2.11. The Hall–Kier alpha value is -1.18. The monoisotopic (exact) mass is 267 g/mol. The highest BCUT2D eigenvalue weighted by molar-refractivity contribution is 9.09. The van der Waals surface area contributed by atoms with E-state index in [4.69, 9.17) is 10.4 Å². The maximum absolute atomic E-state index is 11.6. The first-order valence-electron chi connectivity index (χ1n) is 4.45. The van der Waals surface area contributed by atoms with E-state index in [1.165, 1.54) is 0 Å². The van der Waals surface area contributed by atoms with Crippen molar-refractivity contribution in [2.24, 2.45) is 0 Å². The van der Waals surface area contributed by atoms with E-state index in [1.807, 2.05) is 6.07 Å². The Morgan fingerprint density at radius 2 is 2.07 bits per heavy atom. The van der Waals surface area contributed by atoms with Crippen LogP contribution in [-0.2, 0) is 0 Å². The number of carbonyl (C=O) groups is 1. The minimum atomic E-state index is -0.208. The first kappa shape index (κ1) is 11.9. The number of alkyl halides is 1. The van der Waals surface area contributed by atoms with Crippen molar-refractivity contribution in [3.63, 3.8) is 0 Å². The van der Waals surface area contributed by atoms with Crippen LogP contribution in [0.15, 0.2) is 24.3 Å². The molecule has 0 bridgehead atoms. The van der Waals surface area contributed by atoms with E-state index in [0.29, 0.717) is 11.1 Å². The number of benzene rings is 1. The van der Waals surface area contributed by atoms with Gasteiger partial charge in [-0.25, -0.2) is 0 Å². The molecule has 3 nitrogen and oxygen atoms in total. The van der Waals surface area contributed by atoms with E-state index in [0.717, 1.165) is 0 Å². The number of rotatable bonds is 4. The lowest BCUT2D eigenvalue weighted by atomic mass is 10.1. The SMILES string of the molecule is N#Cc1ccc(C(=O)CC(Br)CO)cc1.